The molecule has 1 aromatic carbocycles. The second-order valence-electron chi connectivity index (χ2n) is 5.03. The summed E-state index contributed by atoms with van der Waals surface area (Å²) in [7, 11) is 0. The molecule has 1 aromatic rings. The zero-order chi connectivity index (χ0) is 11.0. The molecule has 1 atom stereocenters. The number of hydrogen-bond donors (Lipinski definition) is 1. The number of rotatable bonds is 1. The van der Waals surface area contributed by atoms with Crippen molar-refractivity contribution in [3.63, 3.8) is 0 Å². The molecular formula is C14H19NO. The van der Waals surface area contributed by atoms with Crippen LogP contribution in [0.15, 0.2) is 18.2 Å². The molecule has 0 saturated carbocycles. The van der Waals surface area contributed by atoms with Crippen molar-refractivity contribution in [3.05, 3.63) is 29.3 Å². The van der Waals surface area contributed by atoms with Crippen molar-refractivity contribution >= 4 is 0 Å². The van der Waals surface area contributed by atoms with Gasteiger partial charge in [-0.15, -0.1) is 0 Å². The van der Waals surface area contributed by atoms with Gasteiger partial charge in [-0.05, 0) is 62.0 Å². The fourth-order valence-electron chi connectivity index (χ4n) is 3.19. The molecule has 0 amide bonds. The van der Waals surface area contributed by atoms with Crippen molar-refractivity contribution in [3.8, 4) is 5.75 Å². The van der Waals surface area contributed by atoms with Gasteiger partial charge in [0.2, 0.25) is 0 Å². The Hall–Kier alpha value is -1.02. The van der Waals surface area contributed by atoms with Crippen LogP contribution in [0.2, 0.25) is 0 Å². The topological polar surface area (TPSA) is 23.5 Å². The highest BCUT2D eigenvalue weighted by Crippen LogP contribution is 2.38. The third kappa shape index (κ3) is 1.71. The lowest BCUT2D eigenvalue weighted by molar-refractivity contribution is 0.163. The Bertz CT molecular complexity index is 382. The molecule has 1 fully saturated rings. The average Bonchev–Trinajstić information content (AvgIpc) is 2.73. The summed E-state index contributed by atoms with van der Waals surface area (Å²) in [4.78, 5) is 2.63. The minimum Gasteiger partial charge on any atom is -0.508 e. The molecule has 3 rings (SSSR count). The van der Waals surface area contributed by atoms with Gasteiger partial charge in [0.15, 0.2) is 0 Å². The largest absolute Gasteiger partial charge is 0.508 e. The molecule has 2 aliphatic rings. The smallest absolute Gasteiger partial charge is 0.115 e. The van der Waals surface area contributed by atoms with Gasteiger partial charge in [-0.25, -0.2) is 0 Å². The number of benzene rings is 1. The molecule has 0 spiro atoms. The van der Waals surface area contributed by atoms with Gasteiger partial charge in [0.1, 0.15) is 5.75 Å². The molecule has 0 aromatic heterocycles. The molecule has 86 valence electrons. The lowest BCUT2D eigenvalue weighted by Crippen LogP contribution is -2.32. The first-order valence-electron chi connectivity index (χ1n) is 6.40. The van der Waals surface area contributed by atoms with Crippen LogP contribution in [0, 0.1) is 0 Å². The van der Waals surface area contributed by atoms with E-state index < -0.39 is 0 Å². The third-order valence-corrected chi connectivity index (χ3v) is 4.00. The molecule has 1 aliphatic carbocycles. The van der Waals surface area contributed by atoms with Crippen molar-refractivity contribution in [2.24, 2.45) is 0 Å². The fourth-order valence-corrected chi connectivity index (χ4v) is 3.19. The Kier molecular flexibility index (Phi) is 2.60. The van der Waals surface area contributed by atoms with Gasteiger partial charge in [0.05, 0.1) is 0 Å². The number of phenolic OH excluding ortho intramolecular Hbond substituents is 1. The molecule has 2 heteroatoms. The number of hydrogen-bond acceptors (Lipinski definition) is 2. The number of nitrogens with zero attached hydrogens (tertiary/aromatic N) is 1. The van der Waals surface area contributed by atoms with Gasteiger partial charge in [-0.3, -0.25) is 4.90 Å². The number of aromatic hydroxyl groups is 1. The van der Waals surface area contributed by atoms with Crippen LogP contribution in [0.5, 0.6) is 5.75 Å². The molecule has 1 saturated heterocycles. The predicted octanol–water partition coefficient (Wildman–Crippen LogP) is 2.87. The first kappa shape index (κ1) is 10.2. The lowest BCUT2D eigenvalue weighted by Gasteiger charge is -2.32. The minimum atomic E-state index is 0.415. The van der Waals surface area contributed by atoms with E-state index in [1.165, 1.54) is 49.9 Å². The maximum Gasteiger partial charge on any atom is 0.115 e. The van der Waals surface area contributed by atoms with Crippen LogP contribution in [0.1, 0.15) is 42.9 Å². The summed E-state index contributed by atoms with van der Waals surface area (Å²) in [6, 6.07) is 6.52. The summed E-state index contributed by atoms with van der Waals surface area (Å²) < 4.78 is 0. The Morgan fingerprint density at radius 2 is 1.94 bits per heavy atom. The second kappa shape index (κ2) is 4.10. The van der Waals surface area contributed by atoms with Crippen molar-refractivity contribution in [1.29, 1.82) is 0 Å². The van der Waals surface area contributed by atoms with Crippen LogP contribution in [0.4, 0.5) is 0 Å². The monoisotopic (exact) mass is 217 g/mol. The summed E-state index contributed by atoms with van der Waals surface area (Å²) in [6.07, 6.45) is 6.46. The number of likely N-dealkylation sites (tertiary alicyclic amines) is 1. The summed E-state index contributed by atoms with van der Waals surface area (Å²) in [5.74, 6) is 0.415. The Balaban J connectivity index is 1.84. The first-order chi connectivity index (χ1) is 7.84. The van der Waals surface area contributed by atoms with E-state index in [0.29, 0.717) is 11.8 Å². The molecule has 0 unspecified atom stereocenters. The first-order valence-corrected chi connectivity index (χ1v) is 6.40. The fraction of sp³-hybridized carbons (Fsp3) is 0.571. The van der Waals surface area contributed by atoms with Gasteiger partial charge in [0, 0.05) is 6.04 Å². The molecule has 1 N–H and O–H groups in total. The lowest BCUT2D eigenvalue weighted by atomic mass is 10.0. The maximum absolute atomic E-state index is 9.48. The van der Waals surface area contributed by atoms with E-state index in [-0.39, 0.29) is 0 Å². The van der Waals surface area contributed by atoms with Crippen molar-refractivity contribution < 1.29 is 5.11 Å². The van der Waals surface area contributed by atoms with E-state index in [9.17, 15) is 5.11 Å². The molecule has 1 heterocycles. The van der Waals surface area contributed by atoms with Gasteiger partial charge < -0.3 is 5.11 Å². The molecule has 0 radical (unpaired) electrons. The van der Waals surface area contributed by atoms with Crippen LogP contribution in [0.25, 0.3) is 0 Å². The van der Waals surface area contributed by atoms with Crippen molar-refractivity contribution in [2.45, 2.75) is 38.1 Å². The van der Waals surface area contributed by atoms with Crippen LogP contribution in [-0.2, 0) is 6.42 Å². The second-order valence-corrected chi connectivity index (χ2v) is 5.03. The quantitative estimate of drug-likeness (QED) is 0.782. The van der Waals surface area contributed by atoms with Gasteiger partial charge in [-0.1, -0.05) is 12.5 Å². The highest BCUT2D eigenvalue weighted by molar-refractivity contribution is 5.40. The highest BCUT2D eigenvalue weighted by Gasteiger charge is 2.28. The summed E-state index contributed by atoms with van der Waals surface area (Å²) >= 11 is 0. The number of fused-ring (bicyclic) bond motifs is 1. The van der Waals surface area contributed by atoms with E-state index in [2.05, 4.69) is 11.0 Å². The molecule has 0 bridgehead atoms. The van der Waals surface area contributed by atoms with E-state index in [1.807, 2.05) is 12.1 Å². The van der Waals surface area contributed by atoms with Crippen LogP contribution < -0.4 is 0 Å². The van der Waals surface area contributed by atoms with E-state index in [4.69, 9.17) is 0 Å². The van der Waals surface area contributed by atoms with E-state index in [0.717, 1.165) is 6.42 Å². The summed E-state index contributed by atoms with van der Waals surface area (Å²) in [6.45, 7) is 2.51. The average molecular weight is 217 g/mol. The van der Waals surface area contributed by atoms with Gasteiger partial charge in [-0.2, -0.15) is 0 Å². The zero-order valence-corrected chi connectivity index (χ0v) is 9.65. The zero-order valence-electron chi connectivity index (χ0n) is 9.65. The molecule has 16 heavy (non-hydrogen) atoms. The SMILES string of the molecule is Oc1ccc2c(c1)CC[C@@H]2N1CCCCC1. The number of piperidine rings is 1. The Morgan fingerprint density at radius 3 is 2.75 bits per heavy atom. The molecule has 1 aliphatic heterocycles. The van der Waals surface area contributed by atoms with Crippen LogP contribution in [0.3, 0.4) is 0 Å². The van der Waals surface area contributed by atoms with E-state index >= 15 is 0 Å². The van der Waals surface area contributed by atoms with Crippen molar-refractivity contribution in [1.82, 2.24) is 4.90 Å². The Morgan fingerprint density at radius 1 is 1.12 bits per heavy atom. The molecule has 2 nitrogen and oxygen atoms in total. The molecular weight excluding hydrogens is 198 g/mol. The van der Waals surface area contributed by atoms with Crippen molar-refractivity contribution in [2.75, 3.05) is 13.1 Å². The third-order valence-electron chi connectivity index (χ3n) is 4.00. The summed E-state index contributed by atoms with van der Waals surface area (Å²) in [5, 5.41) is 9.48. The van der Waals surface area contributed by atoms with Crippen LogP contribution >= 0.6 is 0 Å². The number of aryl methyl sites for hydroxylation is 1. The van der Waals surface area contributed by atoms with Gasteiger partial charge in [0.25, 0.3) is 0 Å². The van der Waals surface area contributed by atoms with Gasteiger partial charge >= 0.3 is 0 Å². The Labute approximate surface area is 96.9 Å². The standard InChI is InChI=1S/C14H19NO/c16-12-5-6-13-11(10-12)4-7-14(13)15-8-2-1-3-9-15/h5-6,10,14,16H,1-4,7-9H2/t14-/m0/s1. The summed E-state index contributed by atoms with van der Waals surface area (Å²) in [5.41, 5.74) is 2.82. The van der Waals surface area contributed by atoms with Crippen LogP contribution in [-0.4, -0.2) is 23.1 Å². The normalized spacial score (nSPS) is 25.6. The highest BCUT2D eigenvalue weighted by atomic mass is 16.3. The number of phenols is 1. The maximum atomic E-state index is 9.48. The predicted molar refractivity (Wildman–Crippen MR) is 64.6 cm³/mol. The minimum absolute atomic E-state index is 0.415. The van der Waals surface area contributed by atoms with E-state index in [1.54, 1.807) is 0 Å².